The van der Waals surface area contributed by atoms with Crippen molar-refractivity contribution in [1.29, 1.82) is 0 Å². The first-order chi connectivity index (χ1) is 13.1. The summed E-state index contributed by atoms with van der Waals surface area (Å²) in [6, 6.07) is 16.9. The number of aromatic nitrogens is 2. The monoisotopic (exact) mass is 360 g/mol. The molecule has 0 bridgehead atoms. The number of nitrogens with zero attached hydrogens (tertiary/aromatic N) is 2. The van der Waals surface area contributed by atoms with Gasteiger partial charge in [-0.2, -0.15) is 0 Å². The summed E-state index contributed by atoms with van der Waals surface area (Å²) in [5.74, 6) is -0.347. The molecular formula is C21H20N4O2. The maximum atomic E-state index is 12.7. The highest BCUT2D eigenvalue weighted by molar-refractivity contribution is 5.98. The Labute approximate surface area is 157 Å². The van der Waals surface area contributed by atoms with E-state index in [1.54, 1.807) is 18.5 Å². The number of benzene rings is 1. The second kappa shape index (κ2) is 8.71. The van der Waals surface area contributed by atoms with Crippen LogP contribution >= 0.6 is 0 Å². The average Bonchev–Trinajstić information content (AvgIpc) is 2.71. The maximum absolute atomic E-state index is 12.7. The van der Waals surface area contributed by atoms with Crippen molar-refractivity contribution < 1.29 is 9.59 Å². The van der Waals surface area contributed by atoms with Gasteiger partial charge in [-0.25, -0.2) is 0 Å². The smallest absolute Gasteiger partial charge is 0.270 e. The second-order valence-electron chi connectivity index (χ2n) is 6.01. The summed E-state index contributed by atoms with van der Waals surface area (Å²) in [5, 5.41) is 5.63. The highest BCUT2D eigenvalue weighted by Gasteiger charge is 2.14. The zero-order chi connectivity index (χ0) is 19.1. The predicted octanol–water partition coefficient (Wildman–Crippen LogP) is 2.71. The van der Waals surface area contributed by atoms with Crippen molar-refractivity contribution in [2.24, 2.45) is 0 Å². The highest BCUT2D eigenvalue weighted by atomic mass is 16.2. The van der Waals surface area contributed by atoms with Gasteiger partial charge in [-0.1, -0.05) is 30.3 Å². The van der Waals surface area contributed by atoms with Crippen molar-refractivity contribution in [3.63, 3.8) is 0 Å². The molecule has 6 nitrogen and oxygen atoms in total. The van der Waals surface area contributed by atoms with Crippen molar-refractivity contribution in [2.75, 3.05) is 0 Å². The molecule has 0 aliphatic carbocycles. The van der Waals surface area contributed by atoms with Crippen LogP contribution in [0.15, 0.2) is 67.0 Å². The summed E-state index contributed by atoms with van der Waals surface area (Å²) in [5.41, 5.74) is 3.69. The number of rotatable bonds is 6. The fourth-order valence-corrected chi connectivity index (χ4v) is 2.65. The lowest BCUT2D eigenvalue weighted by atomic mass is 10.0. The van der Waals surface area contributed by atoms with Crippen LogP contribution in [0.1, 0.15) is 28.7 Å². The van der Waals surface area contributed by atoms with Gasteiger partial charge in [0.2, 0.25) is 5.91 Å². The Balaban J connectivity index is 1.80. The Morgan fingerprint density at radius 2 is 1.74 bits per heavy atom. The largest absolute Gasteiger partial charge is 0.352 e. The van der Waals surface area contributed by atoms with E-state index in [1.165, 1.54) is 6.92 Å². The fraction of sp³-hybridized carbons (Fsp3) is 0.143. The number of hydrogen-bond donors (Lipinski definition) is 2. The molecule has 0 radical (unpaired) electrons. The fourth-order valence-electron chi connectivity index (χ4n) is 2.65. The van der Waals surface area contributed by atoms with Gasteiger partial charge in [0, 0.05) is 31.4 Å². The Morgan fingerprint density at radius 1 is 0.889 bits per heavy atom. The molecule has 0 fully saturated rings. The molecule has 2 heterocycles. The minimum absolute atomic E-state index is 0.0867. The Bertz CT molecular complexity index is 942. The summed E-state index contributed by atoms with van der Waals surface area (Å²) in [7, 11) is 0. The lowest BCUT2D eigenvalue weighted by molar-refractivity contribution is -0.119. The van der Waals surface area contributed by atoms with E-state index in [0.29, 0.717) is 18.8 Å². The summed E-state index contributed by atoms with van der Waals surface area (Å²) in [6.07, 6.45) is 3.29. The zero-order valence-corrected chi connectivity index (χ0v) is 15.0. The summed E-state index contributed by atoms with van der Waals surface area (Å²) in [4.78, 5) is 32.2. The van der Waals surface area contributed by atoms with E-state index in [9.17, 15) is 9.59 Å². The van der Waals surface area contributed by atoms with Gasteiger partial charge in [0.15, 0.2) is 0 Å². The van der Waals surface area contributed by atoms with Gasteiger partial charge in [0.25, 0.3) is 5.91 Å². The van der Waals surface area contributed by atoms with E-state index in [4.69, 9.17) is 0 Å². The number of amides is 2. The van der Waals surface area contributed by atoms with E-state index in [-0.39, 0.29) is 11.8 Å². The molecule has 6 heteroatoms. The highest BCUT2D eigenvalue weighted by Crippen LogP contribution is 2.23. The van der Waals surface area contributed by atoms with Gasteiger partial charge in [0.1, 0.15) is 5.69 Å². The molecule has 0 spiro atoms. The normalized spacial score (nSPS) is 10.3. The van der Waals surface area contributed by atoms with Crippen LogP contribution in [0.4, 0.5) is 0 Å². The van der Waals surface area contributed by atoms with Gasteiger partial charge < -0.3 is 10.6 Å². The quantitative estimate of drug-likeness (QED) is 0.708. The van der Waals surface area contributed by atoms with Crippen LogP contribution in [0.25, 0.3) is 11.1 Å². The van der Waals surface area contributed by atoms with Crippen molar-refractivity contribution in [2.45, 2.75) is 20.0 Å². The average molecular weight is 360 g/mol. The first-order valence-electron chi connectivity index (χ1n) is 8.60. The minimum atomic E-state index is -0.261. The van der Waals surface area contributed by atoms with Crippen LogP contribution in [0.3, 0.4) is 0 Å². The van der Waals surface area contributed by atoms with Crippen molar-refractivity contribution in [3.05, 3.63) is 83.9 Å². The summed E-state index contributed by atoms with van der Waals surface area (Å²) >= 11 is 0. The molecule has 2 N–H and O–H groups in total. The van der Waals surface area contributed by atoms with Crippen LogP contribution in [0, 0.1) is 0 Å². The standard InChI is InChI=1S/C21H20N4O2/c1-15(26)24-13-16-6-4-7-17(12-16)19-9-5-11-23-20(19)21(27)25-14-18-8-2-3-10-22-18/h2-12H,13-14H2,1H3,(H,24,26)(H,25,27). The summed E-state index contributed by atoms with van der Waals surface area (Å²) in [6.45, 7) is 2.25. The van der Waals surface area contributed by atoms with E-state index >= 15 is 0 Å². The first kappa shape index (κ1) is 18.3. The van der Waals surface area contributed by atoms with Crippen LogP contribution < -0.4 is 10.6 Å². The van der Waals surface area contributed by atoms with E-state index in [0.717, 1.165) is 22.4 Å². The number of hydrogen-bond acceptors (Lipinski definition) is 4. The predicted molar refractivity (Wildman–Crippen MR) is 103 cm³/mol. The second-order valence-corrected chi connectivity index (χ2v) is 6.01. The third-order valence-corrected chi connectivity index (χ3v) is 3.96. The number of nitrogens with one attached hydrogen (secondary N) is 2. The number of carbonyl (C=O) groups excluding carboxylic acids is 2. The van der Waals surface area contributed by atoms with Gasteiger partial charge in [0.05, 0.1) is 12.2 Å². The van der Waals surface area contributed by atoms with E-state index in [1.807, 2.05) is 48.5 Å². The molecule has 2 aromatic heterocycles. The molecule has 3 aromatic rings. The molecule has 0 aliphatic heterocycles. The number of pyridine rings is 2. The minimum Gasteiger partial charge on any atom is -0.352 e. The Morgan fingerprint density at radius 3 is 2.52 bits per heavy atom. The molecule has 0 unspecified atom stereocenters. The van der Waals surface area contributed by atoms with Crippen molar-refractivity contribution >= 4 is 11.8 Å². The molecule has 3 rings (SSSR count). The van der Waals surface area contributed by atoms with Gasteiger partial charge in [-0.3, -0.25) is 19.6 Å². The molecule has 0 aliphatic rings. The molecule has 136 valence electrons. The molecule has 27 heavy (non-hydrogen) atoms. The maximum Gasteiger partial charge on any atom is 0.270 e. The van der Waals surface area contributed by atoms with Gasteiger partial charge >= 0.3 is 0 Å². The van der Waals surface area contributed by atoms with Crippen LogP contribution in [0.5, 0.6) is 0 Å². The van der Waals surface area contributed by atoms with E-state index in [2.05, 4.69) is 20.6 Å². The first-order valence-corrected chi connectivity index (χ1v) is 8.60. The van der Waals surface area contributed by atoms with Crippen molar-refractivity contribution in [3.8, 4) is 11.1 Å². The van der Waals surface area contributed by atoms with Crippen LogP contribution in [-0.2, 0) is 17.9 Å². The Kier molecular flexibility index (Phi) is 5.89. The summed E-state index contributed by atoms with van der Waals surface area (Å²) < 4.78 is 0. The Hall–Kier alpha value is -3.54. The lowest BCUT2D eigenvalue weighted by Gasteiger charge is -2.11. The topological polar surface area (TPSA) is 84.0 Å². The van der Waals surface area contributed by atoms with Gasteiger partial charge in [-0.05, 0) is 35.4 Å². The van der Waals surface area contributed by atoms with Crippen LogP contribution in [-0.4, -0.2) is 21.8 Å². The molecular weight excluding hydrogens is 340 g/mol. The lowest BCUT2D eigenvalue weighted by Crippen LogP contribution is -2.25. The third-order valence-electron chi connectivity index (χ3n) is 3.96. The number of carbonyl (C=O) groups is 2. The molecule has 0 atom stereocenters. The molecule has 1 aromatic carbocycles. The zero-order valence-electron chi connectivity index (χ0n) is 15.0. The van der Waals surface area contributed by atoms with Crippen LogP contribution in [0.2, 0.25) is 0 Å². The SMILES string of the molecule is CC(=O)NCc1cccc(-c2cccnc2C(=O)NCc2ccccn2)c1. The molecule has 0 saturated carbocycles. The van der Waals surface area contributed by atoms with Crippen molar-refractivity contribution in [1.82, 2.24) is 20.6 Å². The van der Waals surface area contributed by atoms with Gasteiger partial charge in [-0.15, -0.1) is 0 Å². The molecule has 0 saturated heterocycles. The molecule has 2 amide bonds. The third kappa shape index (κ3) is 4.98. The van der Waals surface area contributed by atoms with E-state index < -0.39 is 0 Å².